The summed E-state index contributed by atoms with van der Waals surface area (Å²) in [6.45, 7) is 25.1. The standard InChI is InChI=1S/C40H73N5S6/c1-10-19-23-31(14-5)27-41-35(48-18-9)36(42(39(41)46)28-32(15-6)24-20-11-2)49-45-50-37-38(51-45)44(30-34(17-8)26-22-13-4)40(47)43(37)29-33(16-7)25-21-12-3/h31-34H,10-30H2,1-9H3. The van der Waals surface area contributed by atoms with E-state index in [0.29, 0.717) is 23.7 Å². The molecule has 4 unspecified atom stereocenters. The average Bonchev–Trinajstić information content (AvgIpc) is 3.73. The van der Waals surface area contributed by atoms with E-state index in [1.54, 1.807) is 0 Å². The van der Waals surface area contributed by atoms with Gasteiger partial charge >= 0.3 is 0 Å². The Bertz CT molecular complexity index is 1340. The van der Waals surface area contributed by atoms with Crippen molar-refractivity contribution in [1.82, 2.24) is 21.4 Å². The van der Waals surface area contributed by atoms with Crippen LogP contribution < -0.4 is 0 Å². The lowest BCUT2D eigenvalue weighted by Crippen LogP contribution is -2.15. The van der Waals surface area contributed by atoms with Gasteiger partial charge in [-0.3, -0.25) is 0 Å². The molecule has 0 saturated heterocycles. The maximum absolute atomic E-state index is 6.46. The summed E-state index contributed by atoms with van der Waals surface area (Å²) in [5, 5.41) is 5.43. The monoisotopic (exact) mass is 815 g/mol. The van der Waals surface area contributed by atoms with Crippen LogP contribution in [0.5, 0.6) is 0 Å². The fraction of sp³-hybridized carbons (Fsp3) is 0.850. The zero-order chi connectivity index (χ0) is 37.3. The molecule has 2 aromatic heterocycles. The molecule has 3 rings (SSSR count). The SMILES string of the molecule is CCCCC(CC)Cn1c(SCC)c(SN2Sc3c(n(CC(CC)CCCC)c(=S)n3CC(CC)CCCC)S2)n(CC(CC)CCCC)c1=S. The fourth-order valence-corrected chi connectivity index (χ4v) is 13.0. The summed E-state index contributed by atoms with van der Waals surface area (Å²) >= 11 is 20.5. The number of hydrogen-bond donors (Lipinski definition) is 0. The van der Waals surface area contributed by atoms with Crippen molar-refractivity contribution in [2.75, 3.05) is 5.75 Å². The van der Waals surface area contributed by atoms with Gasteiger partial charge in [0.05, 0.1) is 0 Å². The Kier molecular flexibility index (Phi) is 22.1. The quantitative estimate of drug-likeness (QED) is 0.0479. The molecule has 4 atom stereocenters. The Morgan fingerprint density at radius 3 is 1.16 bits per heavy atom. The molecule has 0 saturated carbocycles. The first-order valence-corrected chi connectivity index (χ1v) is 25.0. The third-order valence-corrected chi connectivity index (χ3v) is 16.6. The van der Waals surface area contributed by atoms with Gasteiger partial charge in [0.1, 0.15) is 20.1 Å². The highest BCUT2D eigenvalue weighted by atomic mass is 32.3. The van der Waals surface area contributed by atoms with Crippen LogP contribution in [0.1, 0.15) is 165 Å². The second kappa shape index (κ2) is 24.7. The summed E-state index contributed by atoms with van der Waals surface area (Å²) in [4.78, 5) is 0. The molecule has 1 aliphatic rings. The van der Waals surface area contributed by atoms with Gasteiger partial charge in [-0.2, -0.15) is 0 Å². The Labute approximate surface area is 341 Å². The lowest BCUT2D eigenvalue weighted by atomic mass is 9.99. The number of fused-ring (bicyclic) bond motifs is 1. The van der Waals surface area contributed by atoms with Crippen molar-refractivity contribution in [2.45, 2.75) is 211 Å². The van der Waals surface area contributed by atoms with Crippen LogP contribution in [0.25, 0.3) is 0 Å². The molecular weight excluding hydrogens is 743 g/mol. The average molecular weight is 816 g/mol. The zero-order valence-electron chi connectivity index (χ0n) is 33.8. The van der Waals surface area contributed by atoms with E-state index in [0.717, 1.165) is 41.5 Å². The van der Waals surface area contributed by atoms with E-state index in [4.69, 9.17) is 24.4 Å². The third kappa shape index (κ3) is 12.9. The lowest BCUT2D eigenvalue weighted by molar-refractivity contribution is 0.364. The van der Waals surface area contributed by atoms with Gasteiger partial charge in [0, 0.05) is 62.0 Å². The van der Waals surface area contributed by atoms with Gasteiger partial charge in [0.2, 0.25) is 0 Å². The van der Waals surface area contributed by atoms with Crippen LogP contribution in [0.15, 0.2) is 20.1 Å². The molecule has 5 nitrogen and oxygen atoms in total. The van der Waals surface area contributed by atoms with Gasteiger partial charge in [0.25, 0.3) is 0 Å². The van der Waals surface area contributed by atoms with E-state index in [-0.39, 0.29) is 0 Å². The minimum absolute atomic E-state index is 0.641. The van der Waals surface area contributed by atoms with Gasteiger partial charge in [-0.25, -0.2) is 0 Å². The number of rotatable bonds is 28. The van der Waals surface area contributed by atoms with Gasteiger partial charge in [-0.1, -0.05) is 139 Å². The molecular formula is C40H73N5S6. The van der Waals surface area contributed by atoms with Crippen molar-refractivity contribution >= 4 is 72.0 Å². The van der Waals surface area contributed by atoms with Crippen LogP contribution >= 0.6 is 72.0 Å². The fourth-order valence-electron chi connectivity index (χ4n) is 7.26. The highest BCUT2D eigenvalue weighted by molar-refractivity contribution is 8.27. The number of unbranched alkanes of at least 4 members (excludes halogenated alkanes) is 4. The van der Waals surface area contributed by atoms with E-state index >= 15 is 0 Å². The molecule has 1 aliphatic heterocycles. The van der Waals surface area contributed by atoms with Gasteiger partial charge in [0.15, 0.2) is 9.54 Å². The van der Waals surface area contributed by atoms with Crippen LogP contribution in [-0.2, 0) is 26.2 Å². The molecule has 0 aliphatic carbocycles. The van der Waals surface area contributed by atoms with Crippen molar-refractivity contribution in [3.63, 3.8) is 0 Å². The molecule has 0 fully saturated rings. The second-order valence-corrected chi connectivity index (χ2v) is 20.3. The molecule has 51 heavy (non-hydrogen) atoms. The minimum Gasteiger partial charge on any atom is -0.311 e. The Morgan fingerprint density at radius 1 is 0.490 bits per heavy atom. The molecule has 0 bridgehead atoms. The zero-order valence-corrected chi connectivity index (χ0v) is 38.7. The molecule has 11 heteroatoms. The summed E-state index contributed by atoms with van der Waals surface area (Å²) in [6.07, 6.45) is 20.1. The van der Waals surface area contributed by atoms with E-state index in [9.17, 15) is 0 Å². The number of aromatic nitrogens is 4. The molecule has 0 amide bonds. The smallest absolute Gasteiger partial charge is 0.181 e. The molecule has 294 valence electrons. The molecule has 0 radical (unpaired) electrons. The van der Waals surface area contributed by atoms with Gasteiger partial charge in [-0.05, 0) is 79.5 Å². The van der Waals surface area contributed by atoms with Crippen LogP contribution in [0.3, 0.4) is 0 Å². The van der Waals surface area contributed by atoms with Crippen molar-refractivity contribution in [1.29, 1.82) is 0 Å². The largest absolute Gasteiger partial charge is 0.311 e. The Hall–Kier alpha value is 0.220. The summed E-state index contributed by atoms with van der Waals surface area (Å²) in [7, 11) is 0. The maximum atomic E-state index is 6.46. The van der Waals surface area contributed by atoms with Crippen LogP contribution in [0.4, 0.5) is 0 Å². The lowest BCUT2D eigenvalue weighted by Gasteiger charge is -2.21. The highest BCUT2D eigenvalue weighted by Crippen LogP contribution is 2.54. The summed E-state index contributed by atoms with van der Waals surface area (Å²) in [5.41, 5.74) is 0. The first kappa shape index (κ1) is 45.6. The van der Waals surface area contributed by atoms with E-state index in [1.807, 2.05) is 47.6 Å². The molecule has 2 aromatic rings. The highest BCUT2D eigenvalue weighted by Gasteiger charge is 2.34. The maximum Gasteiger partial charge on any atom is 0.181 e. The van der Waals surface area contributed by atoms with E-state index in [2.05, 4.69) is 83.7 Å². The molecule has 3 heterocycles. The van der Waals surface area contributed by atoms with Crippen molar-refractivity contribution in [2.24, 2.45) is 23.7 Å². The Morgan fingerprint density at radius 2 is 0.824 bits per heavy atom. The summed E-state index contributed by atoms with van der Waals surface area (Å²) in [5.74, 6) is 3.66. The van der Waals surface area contributed by atoms with Gasteiger partial charge < -0.3 is 18.3 Å². The van der Waals surface area contributed by atoms with Crippen molar-refractivity contribution < 1.29 is 0 Å². The third-order valence-electron chi connectivity index (χ3n) is 11.0. The minimum atomic E-state index is 0.641. The topological polar surface area (TPSA) is 23.0 Å². The van der Waals surface area contributed by atoms with Crippen molar-refractivity contribution in [3.8, 4) is 0 Å². The first-order chi connectivity index (χ1) is 24.7. The predicted molar refractivity (Wildman–Crippen MR) is 236 cm³/mol. The first-order valence-electron chi connectivity index (χ1n) is 20.9. The predicted octanol–water partition coefficient (Wildman–Crippen LogP) is 15.4. The van der Waals surface area contributed by atoms with Gasteiger partial charge in [-0.15, -0.1) is 14.9 Å². The second-order valence-electron chi connectivity index (χ2n) is 14.8. The van der Waals surface area contributed by atoms with Crippen LogP contribution in [0.2, 0.25) is 0 Å². The number of nitrogens with zero attached hydrogens (tertiary/aromatic N) is 5. The van der Waals surface area contributed by atoms with E-state index < -0.39 is 0 Å². The number of thioether (sulfide) groups is 1. The number of imidazole rings is 2. The van der Waals surface area contributed by atoms with Crippen molar-refractivity contribution in [3.05, 3.63) is 9.54 Å². The summed E-state index contributed by atoms with van der Waals surface area (Å²) < 4.78 is 14.7. The Balaban J connectivity index is 2.08. The number of hydrogen-bond acceptors (Lipinski definition) is 7. The normalized spacial score (nSPS) is 15.8. The molecule has 0 aromatic carbocycles. The molecule has 0 spiro atoms. The summed E-state index contributed by atoms with van der Waals surface area (Å²) in [6, 6.07) is 0. The molecule has 0 N–H and O–H groups in total. The van der Waals surface area contributed by atoms with Crippen LogP contribution in [-0.4, -0.2) is 27.1 Å². The van der Waals surface area contributed by atoms with Crippen LogP contribution in [0, 0.1) is 33.2 Å². The van der Waals surface area contributed by atoms with E-state index in [1.165, 1.54) is 123 Å².